The fourth-order valence-corrected chi connectivity index (χ4v) is 2.53. The van der Waals surface area contributed by atoms with E-state index in [1.54, 1.807) is 4.90 Å². The number of carbonyl (C=O) groups excluding carboxylic acids is 2. The van der Waals surface area contributed by atoms with Crippen molar-refractivity contribution in [3.05, 3.63) is 35.4 Å². The topological polar surface area (TPSA) is 49.4 Å². The van der Waals surface area contributed by atoms with Gasteiger partial charge in [-0.25, -0.2) is 0 Å². The molecule has 0 aliphatic heterocycles. The zero-order valence-corrected chi connectivity index (χ0v) is 14.9. The molecule has 0 unspecified atom stereocenters. The van der Waals surface area contributed by atoms with Gasteiger partial charge in [0.2, 0.25) is 11.8 Å². The van der Waals surface area contributed by atoms with E-state index in [2.05, 4.69) is 5.32 Å². The molecule has 0 saturated heterocycles. The third kappa shape index (κ3) is 6.05. The van der Waals surface area contributed by atoms with Crippen LogP contribution in [-0.2, 0) is 16.1 Å². The SMILES string of the molecule is CCCNC(=O)[C@@H](CC)N(Cc1ccc(C)cc1)C(=O)CCC. The second-order valence-electron chi connectivity index (χ2n) is 5.97. The lowest BCUT2D eigenvalue weighted by Crippen LogP contribution is -2.49. The van der Waals surface area contributed by atoms with E-state index < -0.39 is 6.04 Å². The maximum absolute atomic E-state index is 12.5. The van der Waals surface area contributed by atoms with Crippen LogP contribution >= 0.6 is 0 Å². The van der Waals surface area contributed by atoms with Crippen molar-refractivity contribution in [2.24, 2.45) is 0 Å². The van der Waals surface area contributed by atoms with E-state index in [1.807, 2.05) is 52.0 Å². The number of rotatable bonds is 9. The van der Waals surface area contributed by atoms with Crippen molar-refractivity contribution in [1.29, 1.82) is 0 Å². The summed E-state index contributed by atoms with van der Waals surface area (Å²) in [6, 6.07) is 7.73. The minimum absolute atomic E-state index is 0.0478. The smallest absolute Gasteiger partial charge is 0.242 e. The molecule has 0 fully saturated rings. The molecule has 1 N–H and O–H groups in total. The quantitative estimate of drug-likeness (QED) is 0.758. The van der Waals surface area contributed by atoms with Crippen molar-refractivity contribution < 1.29 is 9.59 Å². The predicted octanol–water partition coefficient (Wildman–Crippen LogP) is 3.43. The molecule has 4 nitrogen and oxygen atoms in total. The number of carbonyl (C=O) groups is 2. The van der Waals surface area contributed by atoms with E-state index in [0.717, 1.165) is 18.4 Å². The van der Waals surface area contributed by atoms with Gasteiger partial charge in [0.15, 0.2) is 0 Å². The summed E-state index contributed by atoms with van der Waals surface area (Å²) >= 11 is 0. The van der Waals surface area contributed by atoms with E-state index in [9.17, 15) is 9.59 Å². The highest BCUT2D eigenvalue weighted by molar-refractivity contribution is 5.87. The van der Waals surface area contributed by atoms with Crippen LogP contribution in [0, 0.1) is 6.92 Å². The summed E-state index contributed by atoms with van der Waals surface area (Å²) in [5, 5.41) is 2.92. The summed E-state index contributed by atoms with van der Waals surface area (Å²) in [5.41, 5.74) is 2.25. The van der Waals surface area contributed by atoms with Crippen molar-refractivity contribution >= 4 is 11.8 Å². The van der Waals surface area contributed by atoms with E-state index >= 15 is 0 Å². The predicted molar refractivity (Wildman–Crippen MR) is 94.0 cm³/mol. The van der Waals surface area contributed by atoms with Crippen molar-refractivity contribution in [1.82, 2.24) is 10.2 Å². The van der Waals surface area contributed by atoms with Crippen molar-refractivity contribution in [2.75, 3.05) is 6.54 Å². The zero-order chi connectivity index (χ0) is 17.2. The fraction of sp³-hybridized carbons (Fsp3) is 0.579. The van der Waals surface area contributed by atoms with Crippen LogP contribution in [0.25, 0.3) is 0 Å². The number of nitrogens with zero attached hydrogens (tertiary/aromatic N) is 1. The van der Waals surface area contributed by atoms with Crippen LogP contribution in [0.4, 0.5) is 0 Å². The average Bonchev–Trinajstić information content (AvgIpc) is 2.54. The van der Waals surface area contributed by atoms with E-state index in [-0.39, 0.29) is 11.8 Å². The lowest BCUT2D eigenvalue weighted by atomic mass is 10.1. The average molecular weight is 318 g/mol. The third-order valence-corrected chi connectivity index (χ3v) is 3.87. The molecule has 4 heteroatoms. The number of hydrogen-bond donors (Lipinski definition) is 1. The van der Waals surface area contributed by atoms with Gasteiger partial charge in [0.25, 0.3) is 0 Å². The van der Waals surface area contributed by atoms with Crippen LogP contribution in [0.5, 0.6) is 0 Å². The van der Waals surface area contributed by atoms with Crippen molar-refractivity contribution in [2.45, 2.75) is 66.0 Å². The van der Waals surface area contributed by atoms with Gasteiger partial charge in [0.05, 0.1) is 0 Å². The molecular weight excluding hydrogens is 288 g/mol. The number of hydrogen-bond acceptors (Lipinski definition) is 2. The molecule has 23 heavy (non-hydrogen) atoms. The van der Waals surface area contributed by atoms with Gasteiger partial charge in [-0.15, -0.1) is 0 Å². The molecule has 0 aliphatic rings. The molecule has 0 spiro atoms. The van der Waals surface area contributed by atoms with E-state index in [4.69, 9.17) is 0 Å². The number of amides is 2. The molecule has 128 valence electrons. The molecule has 1 aromatic carbocycles. The molecule has 1 rings (SSSR count). The van der Waals surface area contributed by atoms with Crippen LogP contribution in [-0.4, -0.2) is 29.3 Å². The molecule has 0 saturated carbocycles. The van der Waals surface area contributed by atoms with E-state index in [0.29, 0.717) is 25.9 Å². The molecule has 0 bridgehead atoms. The van der Waals surface area contributed by atoms with Gasteiger partial charge in [0, 0.05) is 19.5 Å². The second kappa shape index (κ2) is 10.0. The zero-order valence-electron chi connectivity index (χ0n) is 14.9. The van der Waals surface area contributed by atoms with Gasteiger partial charge >= 0.3 is 0 Å². The molecule has 2 amide bonds. The minimum Gasteiger partial charge on any atom is -0.354 e. The summed E-state index contributed by atoms with van der Waals surface area (Å²) in [7, 11) is 0. The van der Waals surface area contributed by atoms with Gasteiger partial charge in [-0.1, -0.05) is 50.6 Å². The van der Waals surface area contributed by atoms with Gasteiger partial charge < -0.3 is 10.2 Å². The Morgan fingerprint density at radius 3 is 2.26 bits per heavy atom. The molecule has 0 aliphatic carbocycles. The number of nitrogens with one attached hydrogen (secondary N) is 1. The highest BCUT2D eigenvalue weighted by atomic mass is 16.2. The van der Waals surface area contributed by atoms with Crippen LogP contribution in [0.2, 0.25) is 0 Å². The number of aryl methyl sites for hydroxylation is 1. The summed E-state index contributed by atoms with van der Waals surface area (Å²) < 4.78 is 0. The Kier molecular flexibility index (Phi) is 8.38. The first-order valence-electron chi connectivity index (χ1n) is 8.66. The van der Waals surface area contributed by atoms with Crippen molar-refractivity contribution in [3.63, 3.8) is 0 Å². The Hall–Kier alpha value is -1.84. The third-order valence-electron chi connectivity index (χ3n) is 3.87. The fourth-order valence-electron chi connectivity index (χ4n) is 2.53. The molecule has 0 heterocycles. The van der Waals surface area contributed by atoms with Crippen LogP contribution in [0.3, 0.4) is 0 Å². The van der Waals surface area contributed by atoms with E-state index in [1.165, 1.54) is 5.56 Å². The molecular formula is C19H30N2O2. The lowest BCUT2D eigenvalue weighted by Gasteiger charge is -2.30. The maximum Gasteiger partial charge on any atom is 0.242 e. The van der Waals surface area contributed by atoms with Crippen LogP contribution < -0.4 is 5.32 Å². The van der Waals surface area contributed by atoms with Crippen molar-refractivity contribution in [3.8, 4) is 0 Å². The molecule has 0 radical (unpaired) electrons. The Morgan fingerprint density at radius 2 is 1.74 bits per heavy atom. The Morgan fingerprint density at radius 1 is 1.09 bits per heavy atom. The van der Waals surface area contributed by atoms with Gasteiger partial charge in [-0.3, -0.25) is 9.59 Å². The Labute approximate surface area is 140 Å². The summed E-state index contributed by atoms with van der Waals surface area (Å²) in [6.45, 7) is 9.13. The first kappa shape index (κ1) is 19.2. The molecule has 0 aromatic heterocycles. The maximum atomic E-state index is 12.5. The van der Waals surface area contributed by atoms with Crippen LogP contribution in [0.15, 0.2) is 24.3 Å². The first-order valence-corrected chi connectivity index (χ1v) is 8.66. The second-order valence-corrected chi connectivity index (χ2v) is 5.97. The largest absolute Gasteiger partial charge is 0.354 e. The van der Waals surface area contributed by atoms with Crippen LogP contribution in [0.1, 0.15) is 57.6 Å². The Bertz CT molecular complexity index is 497. The highest BCUT2D eigenvalue weighted by Crippen LogP contribution is 2.15. The summed E-state index contributed by atoms with van der Waals surface area (Å²) in [5.74, 6) is -0.00233. The molecule has 1 atom stereocenters. The van der Waals surface area contributed by atoms with Gasteiger partial charge in [0.1, 0.15) is 6.04 Å². The summed E-state index contributed by atoms with van der Waals surface area (Å²) in [6.07, 6.45) is 2.78. The molecule has 1 aromatic rings. The lowest BCUT2D eigenvalue weighted by molar-refractivity contribution is -0.141. The minimum atomic E-state index is -0.401. The standard InChI is InChI=1S/C19H30N2O2/c1-5-8-18(22)21(14-16-11-9-15(4)10-12-16)17(7-3)19(23)20-13-6-2/h9-12,17H,5-8,13-14H2,1-4H3,(H,20,23)/t17-/m1/s1. The highest BCUT2D eigenvalue weighted by Gasteiger charge is 2.27. The van der Waals surface area contributed by atoms with Gasteiger partial charge in [-0.05, 0) is 31.7 Å². The first-order chi connectivity index (χ1) is 11.0. The monoisotopic (exact) mass is 318 g/mol. The number of benzene rings is 1. The normalized spacial score (nSPS) is 11.8. The van der Waals surface area contributed by atoms with Gasteiger partial charge in [-0.2, -0.15) is 0 Å². The Balaban J connectivity index is 2.94. The summed E-state index contributed by atoms with van der Waals surface area (Å²) in [4.78, 5) is 26.7.